The summed E-state index contributed by atoms with van der Waals surface area (Å²) in [5, 5.41) is 7.09. The van der Waals surface area contributed by atoms with Crippen LogP contribution in [0, 0.1) is 0 Å². The number of likely N-dealkylation sites (tertiary alicyclic amines) is 1. The molecule has 0 radical (unpaired) electrons. The van der Waals surface area contributed by atoms with Crippen molar-refractivity contribution in [2.45, 2.75) is 64.1 Å². The van der Waals surface area contributed by atoms with Gasteiger partial charge in [0.15, 0.2) is 0 Å². The van der Waals surface area contributed by atoms with Crippen molar-refractivity contribution in [2.75, 3.05) is 26.2 Å². The third-order valence-electron chi connectivity index (χ3n) is 3.89. The monoisotopic (exact) mass is 283 g/mol. The molecule has 0 bridgehead atoms. The Kier molecular flexibility index (Phi) is 5.27. The van der Waals surface area contributed by atoms with Crippen molar-refractivity contribution in [2.24, 2.45) is 0 Å². The van der Waals surface area contributed by atoms with Crippen molar-refractivity contribution < 1.29 is 9.53 Å². The molecular formula is C15H29N3O2. The van der Waals surface area contributed by atoms with Crippen LogP contribution in [0.2, 0.25) is 0 Å². The molecule has 2 rings (SSSR count). The molecular weight excluding hydrogens is 254 g/mol. The van der Waals surface area contributed by atoms with Gasteiger partial charge in [-0.25, -0.2) is 4.79 Å². The predicted molar refractivity (Wildman–Crippen MR) is 79.9 cm³/mol. The van der Waals surface area contributed by atoms with E-state index in [2.05, 4.69) is 10.6 Å². The van der Waals surface area contributed by atoms with Gasteiger partial charge >= 0.3 is 6.09 Å². The first-order valence-corrected chi connectivity index (χ1v) is 7.89. The lowest BCUT2D eigenvalue weighted by Crippen LogP contribution is -2.51. The summed E-state index contributed by atoms with van der Waals surface area (Å²) in [6.45, 7) is 9.47. The van der Waals surface area contributed by atoms with Crippen LogP contribution < -0.4 is 10.6 Å². The SMILES string of the molecule is CC(C)(C)OC(=O)N1CCCC(NCC2CCCN2)C1. The minimum absolute atomic E-state index is 0.178. The second-order valence-electron chi connectivity index (χ2n) is 6.97. The van der Waals surface area contributed by atoms with Gasteiger partial charge in [-0.1, -0.05) is 0 Å². The lowest BCUT2D eigenvalue weighted by atomic mass is 10.1. The van der Waals surface area contributed by atoms with E-state index in [4.69, 9.17) is 4.74 Å². The summed E-state index contributed by atoms with van der Waals surface area (Å²) in [5.74, 6) is 0. The Morgan fingerprint density at radius 1 is 1.35 bits per heavy atom. The van der Waals surface area contributed by atoms with Crippen molar-refractivity contribution in [1.82, 2.24) is 15.5 Å². The van der Waals surface area contributed by atoms with E-state index in [0.29, 0.717) is 12.1 Å². The molecule has 2 saturated heterocycles. The summed E-state index contributed by atoms with van der Waals surface area (Å²) in [4.78, 5) is 13.9. The smallest absolute Gasteiger partial charge is 0.410 e. The molecule has 1 amide bonds. The largest absolute Gasteiger partial charge is 0.444 e. The lowest BCUT2D eigenvalue weighted by Gasteiger charge is -2.35. The quantitative estimate of drug-likeness (QED) is 0.828. The number of hydrogen-bond acceptors (Lipinski definition) is 4. The van der Waals surface area contributed by atoms with Gasteiger partial charge in [-0.15, -0.1) is 0 Å². The van der Waals surface area contributed by atoms with Crippen LogP contribution >= 0.6 is 0 Å². The second-order valence-corrected chi connectivity index (χ2v) is 6.97. The van der Waals surface area contributed by atoms with Gasteiger partial charge in [0.05, 0.1) is 0 Å². The topological polar surface area (TPSA) is 53.6 Å². The first kappa shape index (κ1) is 15.6. The minimum Gasteiger partial charge on any atom is -0.444 e. The van der Waals surface area contributed by atoms with E-state index in [1.807, 2.05) is 25.7 Å². The minimum atomic E-state index is -0.411. The number of amides is 1. The second kappa shape index (κ2) is 6.76. The number of nitrogens with one attached hydrogen (secondary N) is 2. The lowest BCUT2D eigenvalue weighted by molar-refractivity contribution is 0.0187. The molecule has 0 aromatic carbocycles. The van der Waals surface area contributed by atoms with Gasteiger partial charge in [0.25, 0.3) is 0 Å². The molecule has 5 heteroatoms. The molecule has 2 aliphatic rings. The molecule has 0 aliphatic carbocycles. The molecule has 2 heterocycles. The van der Waals surface area contributed by atoms with Gasteiger partial charge < -0.3 is 20.3 Å². The van der Waals surface area contributed by atoms with Crippen LogP contribution in [0.15, 0.2) is 0 Å². The van der Waals surface area contributed by atoms with Crippen LogP contribution in [0.3, 0.4) is 0 Å². The molecule has 116 valence electrons. The summed E-state index contributed by atoms with van der Waals surface area (Å²) in [6, 6.07) is 1.01. The molecule has 2 fully saturated rings. The van der Waals surface area contributed by atoms with Crippen LogP contribution in [0.5, 0.6) is 0 Å². The van der Waals surface area contributed by atoms with Crippen molar-refractivity contribution in [3.05, 3.63) is 0 Å². The first-order chi connectivity index (χ1) is 9.44. The molecule has 0 aromatic rings. The fraction of sp³-hybridized carbons (Fsp3) is 0.933. The maximum Gasteiger partial charge on any atom is 0.410 e. The molecule has 0 saturated carbocycles. The highest BCUT2D eigenvalue weighted by Gasteiger charge is 2.27. The zero-order valence-electron chi connectivity index (χ0n) is 13.1. The maximum absolute atomic E-state index is 12.1. The van der Waals surface area contributed by atoms with Crippen LogP contribution in [-0.2, 0) is 4.74 Å². The Hall–Kier alpha value is -0.810. The summed E-state index contributed by atoms with van der Waals surface area (Å²) in [7, 11) is 0. The highest BCUT2D eigenvalue weighted by molar-refractivity contribution is 5.68. The molecule has 2 N–H and O–H groups in total. The average molecular weight is 283 g/mol. The van der Waals surface area contributed by atoms with E-state index in [1.165, 1.54) is 12.8 Å². The van der Waals surface area contributed by atoms with E-state index in [-0.39, 0.29) is 6.09 Å². The van der Waals surface area contributed by atoms with Crippen molar-refractivity contribution in [1.29, 1.82) is 0 Å². The van der Waals surface area contributed by atoms with E-state index >= 15 is 0 Å². The fourth-order valence-electron chi connectivity index (χ4n) is 2.88. The van der Waals surface area contributed by atoms with Gasteiger partial charge in [-0.3, -0.25) is 0 Å². The summed E-state index contributed by atoms with van der Waals surface area (Å²) < 4.78 is 5.45. The summed E-state index contributed by atoms with van der Waals surface area (Å²) in [5.41, 5.74) is -0.411. The molecule has 2 aliphatic heterocycles. The highest BCUT2D eigenvalue weighted by atomic mass is 16.6. The Balaban J connectivity index is 1.74. The molecule has 0 spiro atoms. The van der Waals surface area contributed by atoms with Gasteiger partial charge in [-0.2, -0.15) is 0 Å². The van der Waals surface area contributed by atoms with Crippen molar-refractivity contribution in [3.8, 4) is 0 Å². The zero-order valence-corrected chi connectivity index (χ0v) is 13.1. The first-order valence-electron chi connectivity index (χ1n) is 7.89. The van der Waals surface area contributed by atoms with Gasteiger partial charge in [-0.05, 0) is 53.0 Å². The van der Waals surface area contributed by atoms with Crippen LogP contribution in [0.25, 0.3) is 0 Å². The third kappa shape index (κ3) is 4.94. The Morgan fingerprint density at radius 3 is 2.80 bits per heavy atom. The van der Waals surface area contributed by atoms with E-state index in [9.17, 15) is 4.79 Å². The Bertz CT molecular complexity index is 322. The van der Waals surface area contributed by atoms with Gasteiger partial charge in [0, 0.05) is 31.7 Å². The summed E-state index contributed by atoms with van der Waals surface area (Å²) in [6.07, 6.45) is 4.56. The maximum atomic E-state index is 12.1. The molecule has 2 atom stereocenters. The standard InChI is InChI=1S/C15H29N3O2/c1-15(2,3)20-14(19)18-9-5-7-13(11-18)17-10-12-6-4-8-16-12/h12-13,16-17H,4-11H2,1-3H3. The van der Waals surface area contributed by atoms with Gasteiger partial charge in [0.2, 0.25) is 0 Å². The molecule has 20 heavy (non-hydrogen) atoms. The Labute approximate surface area is 122 Å². The number of rotatable bonds is 3. The number of ether oxygens (including phenoxy) is 1. The van der Waals surface area contributed by atoms with E-state index in [1.54, 1.807) is 0 Å². The predicted octanol–water partition coefficient (Wildman–Crippen LogP) is 1.73. The number of carbonyl (C=O) groups is 1. The van der Waals surface area contributed by atoms with E-state index in [0.717, 1.165) is 39.0 Å². The van der Waals surface area contributed by atoms with Crippen molar-refractivity contribution in [3.63, 3.8) is 0 Å². The number of nitrogens with zero attached hydrogens (tertiary/aromatic N) is 1. The molecule has 0 aromatic heterocycles. The van der Waals surface area contributed by atoms with Crippen molar-refractivity contribution >= 4 is 6.09 Å². The highest BCUT2D eigenvalue weighted by Crippen LogP contribution is 2.15. The van der Waals surface area contributed by atoms with Gasteiger partial charge in [0.1, 0.15) is 5.60 Å². The van der Waals surface area contributed by atoms with Crippen LogP contribution in [0.4, 0.5) is 4.79 Å². The number of hydrogen-bond donors (Lipinski definition) is 2. The Morgan fingerprint density at radius 2 is 2.15 bits per heavy atom. The average Bonchev–Trinajstić information content (AvgIpc) is 2.88. The summed E-state index contributed by atoms with van der Waals surface area (Å²) >= 11 is 0. The third-order valence-corrected chi connectivity index (χ3v) is 3.89. The molecule has 2 unspecified atom stereocenters. The fourth-order valence-corrected chi connectivity index (χ4v) is 2.88. The number of piperidine rings is 1. The number of carbonyl (C=O) groups excluding carboxylic acids is 1. The van der Waals surface area contributed by atoms with Crippen LogP contribution in [-0.4, -0.2) is 54.9 Å². The van der Waals surface area contributed by atoms with Crippen LogP contribution in [0.1, 0.15) is 46.5 Å². The normalized spacial score (nSPS) is 27.6. The zero-order chi connectivity index (χ0) is 14.6. The molecule has 5 nitrogen and oxygen atoms in total. The van der Waals surface area contributed by atoms with E-state index < -0.39 is 5.60 Å².